The Morgan fingerprint density at radius 2 is 2.10 bits per heavy atom. The van der Waals surface area contributed by atoms with Crippen LogP contribution in [-0.2, 0) is 11.3 Å². The Morgan fingerprint density at radius 3 is 2.70 bits per heavy atom. The molecule has 0 radical (unpaired) electrons. The first kappa shape index (κ1) is 14.1. The van der Waals surface area contributed by atoms with Crippen LogP contribution in [0.25, 0.3) is 0 Å². The first-order chi connectivity index (χ1) is 9.61. The maximum atomic E-state index is 12.4. The summed E-state index contributed by atoms with van der Waals surface area (Å²) in [5.74, 6) is 0.900. The third-order valence-electron chi connectivity index (χ3n) is 4.81. The number of rotatable bonds is 4. The molecule has 1 aromatic heterocycles. The highest BCUT2D eigenvalue weighted by Gasteiger charge is 2.34. The lowest BCUT2D eigenvalue weighted by atomic mass is 9.89. The molecule has 2 bridgehead atoms. The Morgan fingerprint density at radius 1 is 1.40 bits per heavy atom. The minimum atomic E-state index is 0.309. The van der Waals surface area contributed by atoms with Gasteiger partial charge in [0, 0.05) is 30.4 Å². The fourth-order valence-electron chi connectivity index (χ4n) is 3.61. The third-order valence-corrected chi connectivity index (χ3v) is 5.82. The molecule has 0 spiro atoms. The van der Waals surface area contributed by atoms with Crippen LogP contribution < -0.4 is 5.32 Å². The van der Waals surface area contributed by atoms with Crippen molar-refractivity contribution in [1.29, 1.82) is 0 Å². The molecule has 4 heteroatoms. The van der Waals surface area contributed by atoms with Crippen LogP contribution in [0.3, 0.4) is 0 Å². The monoisotopic (exact) mass is 292 g/mol. The number of aryl methyl sites for hydroxylation is 1. The fourth-order valence-corrected chi connectivity index (χ4v) is 4.57. The van der Waals surface area contributed by atoms with Gasteiger partial charge < -0.3 is 10.2 Å². The minimum Gasteiger partial charge on any atom is -0.341 e. The van der Waals surface area contributed by atoms with Gasteiger partial charge in [-0.3, -0.25) is 4.79 Å². The summed E-state index contributed by atoms with van der Waals surface area (Å²) in [6, 6.07) is 3.48. The lowest BCUT2D eigenvalue weighted by Crippen LogP contribution is -2.39. The normalized spacial score (nSPS) is 28.6. The van der Waals surface area contributed by atoms with E-state index in [1.54, 1.807) is 11.3 Å². The number of hydrogen-bond acceptors (Lipinski definition) is 3. The Bertz CT molecular complexity index is 473. The van der Waals surface area contributed by atoms with Crippen LogP contribution in [0, 0.1) is 12.8 Å². The largest absolute Gasteiger partial charge is 0.341 e. The highest BCUT2D eigenvalue weighted by molar-refractivity contribution is 7.10. The summed E-state index contributed by atoms with van der Waals surface area (Å²) >= 11 is 1.75. The first-order valence-electron chi connectivity index (χ1n) is 7.65. The molecule has 1 aromatic rings. The predicted octanol–water partition coefficient (Wildman–Crippen LogP) is 2.94. The number of amides is 1. The van der Waals surface area contributed by atoms with E-state index in [1.165, 1.54) is 36.1 Å². The van der Waals surface area contributed by atoms with Crippen LogP contribution in [0.4, 0.5) is 0 Å². The first-order valence-corrected chi connectivity index (χ1v) is 8.52. The molecule has 3 nitrogen and oxygen atoms in total. The predicted molar refractivity (Wildman–Crippen MR) is 82.8 cm³/mol. The summed E-state index contributed by atoms with van der Waals surface area (Å²) in [5, 5.41) is 5.75. The molecule has 3 heterocycles. The van der Waals surface area contributed by atoms with Crippen LogP contribution >= 0.6 is 11.3 Å². The van der Waals surface area contributed by atoms with Crippen LogP contribution in [-0.4, -0.2) is 29.9 Å². The van der Waals surface area contributed by atoms with Gasteiger partial charge in [-0.05, 0) is 55.5 Å². The molecular formula is C16H24N2OS. The van der Waals surface area contributed by atoms with E-state index in [-0.39, 0.29) is 0 Å². The van der Waals surface area contributed by atoms with Crippen LogP contribution in [0.5, 0.6) is 0 Å². The maximum absolute atomic E-state index is 12.4. The van der Waals surface area contributed by atoms with Crippen molar-refractivity contribution in [3.05, 3.63) is 21.9 Å². The highest BCUT2D eigenvalue weighted by Crippen LogP contribution is 2.33. The molecule has 0 aliphatic carbocycles. The summed E-state index contributed by atoms with van der Waals surface area (Å²) in [4.78, 5) is 15.6. The van der Waals surface area contributed by atoms with E-state index >= 15 is 0 Å². The van der Waals surface area contributed by atoms with Gasteiger partial charge in [-0.2, -0.15) is 0 Å². The molecular weight excluding hydrogens is 268 g/mol. The fraction of sp³-hybridized carbons (Fsp3) is 0.688. The molecule has 3 rings (SSSR count). The molecule has 2 atom stereocenters. The van der Waals surface area contributed by atoms with Crippen molar-refractivity contribution >= 4 is 17.2 Å². The Hall–Kier alpha value is -0.870. The van der Waals surface area contributed by atoms with E-state index in [0.717, 1.165) is 13.0 Å². The standard InChI is InChI=1S/C16H24N2OS/c1-11-5-6-20-15(11)10-18(2)16(19)9-12-7-13-3-4-14(8-12)17-13/h5-6,12-14,17H,3-4,7-10H2,1-2H3. The number of piperidine rings is 1. The van der Waals surface area contributed by atoms with E-state index in [9.17, 15) is 4.79 Å². The van der Waals surface area contributed by atoms with Gasteiger partial charge in [0.2, 0.25) is 5.91 Å². The zero-order chi connectivity index (χ0) is 14.1. The van der Waals surface area contributed by atoms with Crippen molar-refractivity contribution < 1.29 is 4.79 Å². The maximum Gasteiger partial charge on any atom is 0.222 e. The second kappa shape index (κ2) is 5.86. The summed E-state index contributed by atoms with van der Waals surface area (Å²) < 4.78 is 0. The summed E-state index contributed by atoms with van der Waals surface area (Å²) in [6.45, 7) is 2.88. The lowest BCUT2D eigenvalue weighted by molar-refractivity contribution is -0.131. The van der Waals surface area contributed by atoms with Gasteiger partial charge in [-0.1, -0.05) is 0 Å². The molecule has 2 unspecified atom stereocenters. The molecule has 20 heavy (non-hydrogen) atoms. The van der Waals surface area contributed by atoms with Gasteiger partial charge in [0.1, 0.15) is 0 Å². The van der Waals surface area contributed by atoms with Crippen molar-refractivity contribution in [3.63, 3.8) is 0 Å². The lowest BCUT2D eigenvalue weighted by Gasteiger charge is -2.30. The van der Waals surface area contributed by atoms with Gasteiger partial charge in [0.25, 0.3) is 0 Å². The van der Waals surface area contributed by atoms with E-state index < -0.39 is 0 Å². The van der Waals surface area contributed by atoms with Crippen molar-refractivity contribution in [2.24, 2.45) is 5.92 Å². The van der Waals surface area contributed by atoms with Crippen LogP contribution in [0.1, 0.15) is 42.5 Å². The number of hydrogen-bond donors (Lipinski definition) is 1. The van der Waals surface area contributed by atoms with Gasteiger partial charge in [-0.25, -0.2) is 0 Å². The van der Waals surface area contributed by atoms with Gasteiger partial charge in [0.15, 0.2) is 0 Å². The molecule has 0 aromatic carbocycles. The zero-order valence-corrected chi connectivity index (χ0v) is 13.2. The second-order valence-electron chi connectivity index (χ2n) is 6.46. The van der Waals surface area contributed by atoms with Crippen molar-refractivity contribution in [1.82, 2.24) is 10.2 Å². The summed E-state index contributed by atoms with van der Waals surface area (Å²) in [7, 11) is 1.94. The molecule has 2 fully saturated rings. The van der Waals surface area contributed by atoms with Crippen LogP contribution in [0.15, 0.2) is 11.4 Å². The SMILES string of the molecule is Cc1ccsc1CN(C)C(=O)CC1CC2CCC(C1)N2. The highest BCUT2D eigenvalue weighted by atomic mass is 32.1. The average molecular weight is 292 g/mol. The number of fused-ring (bicyclic) bond motifs is 2. The number of nitrogens with one attached hydrogen (secondary N) is 1. The smallest absolute Gasteiger partial charge is 0.222 e. The van der Waals surface area contributed by atoms with Crippen molar-refractivity contribution in [2.75, 3.05) is 7.05 Å². The quantitative estimate of drug-likeness (QED) is 0.925. The van der Waals surface area contributed by atoms with Gasteiger partial charge >= 0.3 is 0 Å². The van der Waals surface area contributed by atoms with Crippen molar-refractivity contribution in [3.8, 4) is 0 Å². The van der Waals surface area contributed by atoms with E-state index in [4.69, 9.17) is 0 Å². The number of nitrogens with zero attached hydrogens (tertiary/aromatic N) is 1. The van der Waals surface area contributed by atoms with Crippen LogP contribution in [0.2, 0.25) is 0 Å². The molecule has 2 saturated heterocycles. The van der Waals surface area contributed by atoms with Crippen molar-refractivity contribution in [2.45, 2.75) is 57.7 Å². The average Bonchev–Trinajstić information content (AvgIpc) is 2.96. The third kappa shape index (κ3) is 3.07. The summed E-state index contributed by atoms with van der Waals surface area (Å²) in [5.41, 5.74) is 1.30. The zero-order valence-electron chi connectivity index (χ0n) is 12.4. The molecule has 0 saturated carbocycles. The Kier molecular flexibility index (Phi) is 4.13. The summed E-state index contributed by atoms with van der Waals surface area (Å²) in [6.07, 6.45) is 5.72. The Labute approximate surface area is 125 Å². The number of carbonyl (C=O) groups excluding carboxylic acids is 1. The molecule has 2 aliphatic heterocycles. The minimum absolute atomic E-state index is 0.309. The van der Waals surface area contributed by atoms with E-state index in [1.807, 2.05) is 11.9 Å². The molecule has 1 N–H and O–H groups in total. The Balaban J connectivity index is 1.52. The molecule has 1 amide bonds. The topological polar surface area (TPSA) is 32.3 Å². The number of thiophene rings is 1. The van der Waals surface area contributed by atoms with Gasteiger partial charge in [-0.15, -0.1) is 11.3 Å². The second-order valence-corrected chi connectivity index (χ2v) is 7.46. The number of carbonyl (C=O) groups is 1. The molecule has 110 valence electrons. The van der Waals surface area contributed by atoms with E-state index in [0.29, 0.717) is 23.9 Å². The molecule has 2 aliphatic rings. The van der Waals surface area contributed by atoms with E-state index in [2.05, 4.69) is 23.7 Å². The van der Waals surface area contributed by atoms with Gasteiger partial charge in [0.05, 0.1) is 6.54 Å².